The van der Waals surface area contributed by atoms with E-state index in [4.69, 9.17) is 4.42 Å². The third-order valence-electron chi connectivity index (χ3n) is 3.64. The highest BCUT2D eigenvalue weighted by Gasteiger charge is 2.18. The van der Waals surface area contributed by atoms with E-state index < -0.39 is 21.9 Å². The highest BCUT2D eigenvalue weighted by molar-refractivity contribution is 7.89. The Morgan fingerprint density at radius 2 is 2.08 bits per heavy atom. The molecular formula is C17H16FNO4S2. The molecule has 0 radical (unpaired) electrons. The van der Waals surface area contributed by atoms with Crippen molar-refractivity contribution >= 4 is 21.4 Å². The van der Waals surface area contributed by atoms with Gasteiger partial charge in [-0.15, -0.1) is 11.3 Å². The Kier molecular flexibility index (Phi) is 5.05. The van der Waals surface area contributed by atoms with Crippen LogP contribution in [-0.2, 0) is 16.6 Å². The summed E-state index contributed by atoms with van der Waals surface area (Å²) < 4.78 is 45.5. The van der Waals surface area contributed by atoms with Gasteiger partial charge in [0.25, 0.3) is 0 Å². The van der Waals surface area contributed by atoms with Crippen molar-refractivity contribution in [2.24, 2.45) is 0 Å². The molecule has 3 rings (SSSR count). The highest BCUT2D eigenvalue weighted by atomic mass is 32.2. The largest absolute Gasteiger partial charge is 0.466 e. The minimum Gasteiger partial charge on any atom is -0.466 e. The molecule has 0 amide bonds. The molecule has 0 spiro atoms. The SMILES string of the molecule is Cc1cc(S(=O)(=O)NCc2ccc(C(O)c3ccco3)s2)ccc1F. The number of hydrogen-bond donors (Lipinski definition) is 2. The van der Waals surface area contributed by atoms with Crippen molar-refractivity contribution in [3.63, 3.8) is 0 Å². The van der Waals surface area contributed by atoms with Crippen LogP contribution in [0.2, 0.25) is 0 Å². The van der Waals surface area contributed by atoms with Gasteiger partial charge in [-0.05, 0) is 55.0 Å². The molecule has 0 aliphatic rings. The molecule has 1 atom stereocenters. The quantitative estimate of drug-likeness (QED) is 0.686. The molecule has 0 fully saturated rings. The van der Waals surface area contributed by atoms with Crippen LogP contribution in [0.25, 0.3) is 0 Å². The van der Waals surface area contributed by atoms with Gasteiger partial charge in [-0.2, -0.15) is 0 Å². The smallest absolute Gasteiger partial charge is 0.240 e. The van der Waals surface area contributed by atoms with Gasteiger partial charge in [0.1, 0.15) is 17.7 Å². The van der Waals surface area contributed by atoms with Crippen LogP contribution in [0.4, 0.5) is 4.39 Å². The number of halogens is 1. The third kappa shape index (κ3) is 3.98. The van der Waals surface area contributed by atoms with Gasteiger partial charge in [-0.3, -0.25) is 0 Å². The summed E-state index contributed by atoms with van der Waals surface area (Å²) in [5.41, 5.74) is 0.267. The Bertz CT molecular complexity index is 964. The first-order valence-electron chi connectivity index (χ1n) is 7.43. The van der Waals surface area contributed by atoms with E-state index in [1.165, 1.54) is 36.7 Å². The van der Waals surface area contributed by atoms with Gasteiger partial charge in [0, 0.05) is 16.3 Å². The van der Waals surface area contributed by atoms with Crippen LogP contribution in [-0.4, -0.2) is 13.5 Å². The molecule has 1 aromatic carbocycles. The van der Waals surface area contributed by atoms with Gasteiger partial charge >= 0.3 is 0 Å². The lowest BCUT2D eigenvalue weighted by molar-refractivity contribution is 0.193. The van der Waals surface area contributed by atoms with E-state index in [9.17, 15) is 17.9 Å². The van der Waals surface area contributed by atoms with Crippen LogP contribution in [0.3, 0.4) is 0 Å². The van der Waals surface area contributed by atoms with Crippen molar-refractivity contribution in [3.8, 4) is 0 Å². The van der Waals surface area contributed by atoms with Crippen molar-refractivity contribution in [2.45, 2.75) is 24.5 Å². The zero-order valence-electron chi connectivity index (χ0n) is 13.3. The summed E-state index contributed by atoms with van der Waals surface area (Å²) in [6, 6.07) is 10.5. The Balaban J connectivity index is 1.70. The summed E-state index contributed by atoms with van der Waals surface area (Å²) in [6.07, 6.45) is 0.594. The zero-order chi connectivity index (χ0) is 18.0. The molecule has 25 heavy (non-hydrogen) atoms. The molecule has 0 saturated heterocycles. The number of furan rings is 1. The van der Waals surface area contributed by atoms with Gasteiger partial charge in [-0.1, -0.05) is 0 Å². The van der Waals surface area contributed by atoms with Gasteiger partial charge < -0.3 is 9.52 Å². The van der Waals surface area contributed by atoms with Crippen molar-refractivity contribution in [3.05, 3.63) is 75.6 Å². The molecule has 3 aromatic rings. The molecule has 0 saturated carbocycles. The maximum Gasteiger partial charge on any atom is 0.240 e. The molecule has 2 N–H and O–H groups in total. The number of aryl methyl sites for hydroxylation is 1. The van der Waals surface area contributed by atoms with Crippen LogP contribution in [0, 0.1) is 12.7 Å². The lowest BCUT2D eigenvalue weighted by Gasteiger charge is -2.07. The van der Waals surface area contributed by atoms with E-state index in [-0.39, 0.29) is 17.0 Å². The maximum atomic E-state index is 13.3. The van der Waals surface area contributed by atoms with Gasteiger partial charge in [0.2, 0.25) is 10.0 Å². The summed E-state index contributed by atoms with van der Waals surface area (Å²) in [5, 5.41) is 10.2. The van der Waals surface area contributed by atoms with Gasteiger partial charge in [0.15, 0.2) is 0 Å². The lowest BCUT2D eigenvalue weighted by Crippen LogP contribution is -2.22. The van der Waals surface area contributed by atoms with Crippen molar-refractivity contribution in [2.75, 3.05) is 0 Å². The Morgan fingerprint density at radius 3 is 2.76 bits per heavy atom. The Morgan fingerprint density at radius 1 is 1.28 bits per heavy atom. The van der Waals surface area contributed by atoms with Crippen LogP contribution in [0.15, 0.2) is 58.0 Å². The number of hydrogen-bond acceptors (Lipinski definition) is 5. The number of rotatable bonds is 6. The van der Waals surface area contributed by atoms with Crippen LogP contribution in [0.5, 0.6) is 0 Å². The number of nitrogens with one attached hydrogen (secondary N) is 1. The summed E-state index contributed by atoms with van der Waals surface area (Å²) in [6.45, 7) is 1.59. The van der Waals surface area contributed by atoms with Crippen LogP contribution in [0.1, 0.15) is 27.2 Å². The summed E-state index contributed by atoms with van der Waals surface area (Å²) >= 11 is 1.28. The lowest BCUT2D eigenvalue weighted by atomic mass is 10.2. The molecule has 0 aliphatic carbocycles. The molecular weight excluding hydrogens is 365 g/mol. The topological polar surface area (TPSA) is 79.5 Å². The van der Waals surface area contributed by atoms with E-state index >= 15 is 0 Å². The highest BCUT2D eigenvalue weighted by Crippen LogP contribution is 2.29. The second-order valence-corrected chi connectivity index (χ2v) is 8.42. The second-order valence-electron chi connectivity index (χ2n) is 5.46. The zero-order valence-corrected chi connectivity index (χ0v) is 14.9. The maximum absolute atomic E-state index is 13.3. The predicted molar refractivity (Wildman–Crippen MR) is 92.3 cm³/mol. The third-order valence-corrected chi connectivity index (χ3v) is 6.18. The summed E-state index contributed by atoms with van der Waals surface area (Å²) in [5.74, 6) is -0.0236. The molecule has 1 unspecified atom stereocenters. The van der Waals surface area contributed by atoms with Gasteiger partial charge in [0.05, 0.1) is 11.2 Å². The first-order valence-corrected chi connectivity index (χ1v) is 9.73. The number of thiophene rings is 1. The Hall–Kier alpha value is -2.00. The van der Waals surface area contributed by atoms with Crippen molar-refractivity contribution in [1.29, 1.82) is 0 Å². The molecule has 8 heteroatoms. The van der Waals surface area contributed by atoms with E-state index in [2.05, 4.69) is 4.72 Å². The fourth-order valence-corrected chi connectivity index (χ4v) is 4.39. The number of aliphatic hydroxyl groups excluding tert-OH is 1. The Labute approximate surface area is 148 Å². The van der Waals surface area contributed by atoms with E-state index in [1.807, 2.05) is 0 Å². The molecule has 0 aliphatic heterocycles. The van der Waals surface area contributed by atoms with Crippen LogP contribution < -0.4 is 4.72 Å². The standard InChI is InChI=1S/C17H16FNO4S2/c1-11-9-13(5-6-14(11)18)25(21,22)19-10-12-4-7-16(24-12)17(20)15-3-2-8-23-15/h2-9,17,19-20H,10H2,1H3. The molecule has 0 bridgehead atoms. The average molecular weight is 381 g/mol. The monoisotopic (exact) mass is 381 g/mol. The number of sulfonamides is 1. The van der Waals surface area contributed by atoms with Crippen molar-refractivity contribution in [1.82, 2.24) is 4.72 Å². The molecule has 5 nitrogen and oxygen atoms in total. The molecule has 2 heterocycles. The van der Waals surface area contributed by atoms with Crippen LogP contribution >= 0.6 is 11.3 Å². The minimum absolute atomic E-state index is 0.0128. The molecule has 132 valence electrons. The second kappa shape index (κ2) is 7.09. The minimum atomic E-state index is -3.74. The first-order chi connectivity index (χ1) is 11.9. The first kappa shape index (κ1) is 17.8. The van der Waals surface area contributed by atoms with E-state index in [0.717, 1.165) is 10.9 Å². The summed E-state index contributed by atoms with van der Waals surface area (Å²) in [7, 11) is -3.74. The van der Waals surface area contributed by atoms with Crippen molar-refractivity contribution < 1.29 is 22.3 Å². The van der Waals surface area contributed by atoms with E-state index in [1.54, 1.807) is 24.3 Å². The fraction of sp³-hybridized carbons (Fsp3) is 0.176. The molecule has 2 aromatic heterocycles. The predicted octanol–water partition coefficient (Wildman–Crippen LogP) is 3.35. The number of aliphatic hydroxyl groups is 1. The average Bonchev–Trinajstić information content (AvgIpc) is 3.26. The van der Waals surface area contributed by atoms with E-state index in [0.29, 0.717) is 10.6 Å². The normalized spacial score (nSPS) is 13.1. The number of benzene rings is 1. The van der Waals surface area contributed by atoms with Gasteiger partial charge in [-0.25, -0.2) is 17.5 Å². The summed E-state index contributed by atoms with van der Waals surface area (Å²) in [4.78, 5) is 1.41. The fourth-order valence-electron chi connectivity index (χ4n) is 2.26.